The molecule has 1 saturated heterocycles. The second-order valence-corrected chi connectivity index (χ2v) is 4.32. The zero-order chi connectivity index (χ0) is 11.4. The van der Waals surface area contributed by atoms with Gasteiger partial charge in [-0.05, 0) is 25.8 Å². The molecule has 1 aromatic rings. The average molecular weight is 223 g/mol. The number of halogens is 1. The van der Waals surface area contributed by atoms with Crippen molar-refractivity contribution in [2.75, 3.05) is 13.2 Å². The van der Waals surface area contributed by atoms with Crippen LogP contribution in [0.5, 0.6) is 0 Å². The molecule has 0 aliphatic carbocycles. The smallest absolute Gasteiger partial charge is 0.127 e. The van der Waals surface area contributed by atoms with E-state index < -0.39 is 0 Å². The minimum atomic E-state index is -0.140. The Hall–Kier alpha value is -0.930. The molecule has 0 saturated carbocycles. The minimum Gasteiger partial charge on any atom is -0.380 e. The first-order valence-electron chi connectivity index (χ1n) is 5.85. The van der Waals surface area contributed by atoms with Crippen molar-refractivity contribution in [3.05, 3.63) is 35.6 Å². The van der Waals surface area contributed by atoms with Crippen LogP contribution in [0, 0.1) is 5.82 Å². The van der Waals surface area contributed by atoms with Gasteiger partial charge in [0.1, 0.15) is 5.82 Å². The van der Waals surface area contributed by atoms with Crippen LogP contribution < -0.4 is 5.32 Å². The summed E-state index contributed by atoms with van der Waals surface area (Å²) in [5.74, 6) is -0.140. The van der Waals surface area contributed by atoms with Crippen LogP contribution in [0.1, 0.15) is 31.4 Å². The first-order chi connectivity index (χ1) is 7.77. The average Bonchev–Trinajstić information content (AvgIpc) is 2.31. The summed E-state index contributed by atoms with van der Waals surface area (Å²) in [6.07, 6.45) is 2.19. The van der Waals surface area contributed by atoms with E-state index in [1.165, 1.54) is 6.07 Å². The molecule has 2 nitrogen and oxygen atoms in total. The van der Waals surface area contributed by atoms with Crippen molar-refractivity contribution >= 4 is 0 Å². The van der Waals surface area contributed by atoms with E-state index in [0.29, 0.717) is 6.04 Å². The van der Waals surface area contributed by atoms with Gasteiger partial charge in [-0.25, -0.2) is 4.39 Å². The van der Waals surface area contributed by atoms with E-state index in [4.69, 9.17) is 4.74 Å². The van der Waals surface area contributed by atoms with E-state index in [0.717, 1.165) is 31.6 Å². The Morgan fingerprint density at radius 3 is 2.94 bits per heavy atom. The third-order valence-electron chi connectivity index (χ3n) is 3.02. The lowest BCUT2D eigenvalue weighted by Gasteiger charge is -2.27. The third-order valence-corrected chi connectivity index (χ3v) is 3.02. The Morgan fingerprint density at radius 1 is 1.44 bits per heavy atom. The van der Waals surface area contributed by atoms with E-state index in [-0.39, 0.29) is 11.9 Å². The van der Waals surface area contributed by atoms with Crippen molar-refractivity contribution in [3.63, 3.8) is 0 Å². The largest absolute Gasteiger partial charge is 0.380 e. The number of nitrogens with one attached hydrogen (secondary N) is 1. The molecule has 1 heterocycles. The van der Waals surface area contributed by atoms with Gasteiger partial charge < -0.3 is 10.1 Å². The Morgan fingerprint density at radius 2 is 2.25 bits per heavy atom. The molecule has 1 N–H and O–H groups in total. The van der Waals surface area contributed by atoms with E-state index in [1.807, 2.05) is 19.1 Å². The van der Waals surface area contributed by atoms with Crippen LogP contribution in [-0.4, -0.2) is 19.3 Å². The van der Waals surface area contributed by atoms with Gasteiger partial charge in [-0.3, -0.25) is 0 Å². The molecule has 2 atom stereocenters. The lowest BCUT2D eigenvalue weighted by atomic mass is 10.0. The van der Waals surface area contributed by atoms with Gasteiger partial charge in [-0.1, -0.05) is 18.2 Å². The first-order valence-corrected chi connectivity index (χ1v) is 5.85. The first kappa shape index (κ1) is 11.6. The number of hydrogen-bond acceptors (Lipinski definition) is 2. The second-order valence-electron chi connectivity index (χ2n) is 4.32. The fraction of sp³-hybridized carbons (Fsp3) is 0.538. The Kier molecular flexibility index (Phi) is 3.91. The molecule has 1 aromatic carbocycles. The van der Waals surface area contributed by atoms with E-state index in [1.54, 1.807) is 6.07 Å². The van der Waals surface area contributed by atoms with Gasteiger partial charge in [0.15, 0.2) is 0 Å². The standard InChI is InChI=1S/C13H18FNO/c1-10(12-6-2-3-7-13(12)14)15-11-5-4-8-16-9-11/h2-3,6-7,10-11,15H,4-5,8-9H2,1H3. The summed E-state index contributed by atoms with van der Waals surface area (Å²) in [7, 11) is 0. The topological polar surface area (TPSA) is 21.3 Å². The second kappa shape index (κ2) is 5.41. The highest BCUT2D eigenvalue weighted by molar-refractivity contribution is 5.20. The number of hydrogen-bond donors (Lipinski definition) is 1. The van der Waals surface area contributed by atoms with Crippen molar-refractivity contribution in [3.8, 4) is 0 Å². The molecule has 16 heavy (non-hydrogen) atoms. The summed E-state index contributed by atoms with van der Waals surface area (Å²) in [4.78, 5) is 0. The molecule has 0 aromatic heterocycles. The Labute approximate surface area is 95.8 Å². The highest BCUT2D eigenvalue weighted by Crippen LogP contribution is 2.18. The van der Waals surface area contributed by atoms with Crippen molar-refractivity contribution in [1.82, 2.24) is 5.32 Å². The maximum Gasteiger partial charge on any atom is 0.127 e. The maximum absolute atomic E-state index is 13.5. The predicted octanol–water partition coefficient (Wildman–Crippen LogP) is 2.66. The molecule has 1 fully saturated rings. The summed E-state index contributed by atoms with van der Waals surface area (Å²) >= 11 is 0. The SMILES string of the molecule is CC(NC1CCCOC1)c1ccccc1F. The van der Waals surface area contributed by atoms with Gasteiger partial charge in [0, 0.05) is 24.3 Å². The highest BCUT2D eigenvalue weighted by atomic mass is 19.1. The van der Waals surface area contributed by atoms with Gasteiger partial charge >= 0.3 is 0 Å². The molecule has 88 valence electrons. The van der Waals surface area contributed by atoms with Crippen molar-refractivity contribution in [1.29, 1.82) is 0 Å². The zero-order valence-electron chi connectivity index (χ0n) is 9.58. The zero-order valence-corrected chi connectivity index (χ0v) is 9.58. The maximum atomic E-state index is 13.5. The number of ether oxygens (including phenoxy) is 1. The molecule has 0 bridgehead atoms. The highest BCUT2D eigenvalue weighted by Gasteiger charge is 2.18. The molecular formula is C13H18FNO. The normalized spacial score (nSPS) is 23.0. The Bertz CT molecular complexity index is 336. The van der Waals surface area contributed by atoms with Gasteiger partial charge in [0.05, 0.1) is 6.61 Å². The predicted molar refractivity (Wildman–Crippen MR) is 61.8 cm³/mol. The third kappa shape index (κ3) is 2.80. The molecule has 0 amide bonds. The summed E-state index contributed by atoms with van der Waals surface area (Å²) in [6, 6.07) is 7.31. The molecule has 1 aliphatic heterocycles. The van der Waals surface area contributed by atoms with Crippen LogP contribution in [0.4, 0.5) is 4.39 Å². The fourth-order valence-corrected chi connectivity index (χ4v) is 2.14. The lowest BCUT2D eigenvalue weighted by molar-refractivity contribution is 0.0669. The number of benzene rings is 1. The fourth-order valence-electron chi connectivity index (χ4n) is 2.14. The minimum absolute atomic E-state index is 0.0351. The van der Waals surface area contributed by atoms with Crippen LogP contribution in [0.3, 0.4) is 0 Å². The Balaban J connectivity index is 1.96. The molecule has 0 radical (unpaired) electrons. The summed E-state index contributed by atoms with van der Waals surface area (Å²) < 4.78 is 18.9. The molecular weight excluding hydrogens is 205 g/mol. The van der Waals surface area contributed by atoms with E-state index >= 15 is 0 Å². The summed E-state index contributed by atoms with van der Waals surface area (Å²) in [6.45, 7) is 3.58. The summed E-state index contributed by atoms with van der Waals surface area (Å²) in [5.41, 5.74) is 0.730. The van der Waals surface area contributed by atoms with Gasteiger partial charge in [-0.2, -0.15) is 0 Å². The van der Waals surface area contributed by atoms with Crippen LogP contribution in [0.25, 0.3) is 0 Å². The van der Waals surface area contributed by atoms with Crippen LogP contribution in [0.2, 0.25) is 0 Å². The number of rotatable bonds is 3. The van der Waals surface area contributed by atoms with Crippen molar-refractivity contribution < 1.29 is 9.13 Å². The van der Waals surface area contributed by atoms with Crippen LogP contribution in [-0.2, 0) is 4.74 Å². The monoisotopic (exact) mass is 223 g/mol. The van der Waals surface area contributed by atoms with Crippen LogP contribution in [0.15, 0.2) is 24.3 Å². The molecule has 2 unspecified atom stereocenters. The van der Waals surface area contributed by atoms with Crippen molar-refractivity contribution in [2.45, 2.75) is 31.8 Å². The van der Waals surface area contributed by atoms with Crippen molar-refractivity contribution in [2.24, 2.45) is 0 Å². The van der Waals surface area contributed by atoms with Gasteiger partial charge in [0.25, 0.3) is 0 Å². The molecule has 1 aliphatic rings. The molecule has 0 spiro atoms. The quantitative estimate of drug-likeness (QED) is 0.850. The van der Waals surface area contributed by atoms with Gasteiger partial charge in [-0.15, -0.1) is 0 Å². The molecule has 2 rings (SSSR count). The van der Waals surface area contributed by atoms with Gasteiger partial charge in [0.2, 0.25) is 0 Å². The van der Waals surface area contributed by atoms with E-state index in [9.17, 15) is 4.39 Å². The lowest BCUT2D eigenvalue weighted by Crippen LogP contribution is -2.38. The summed E-state index contributed by atoms with van der Waals surface area (Å²) in [5, 5.41) is 3.41. The van der Waals surface area contributed by atoms with E-state index in [2.05, 4.69) is 5.32 Å². The van der Waals surface area contributed by atoms with Crippen LogP contribution >= 0.6 is 0 Å². The molecule has 3 heteroatoms.